The summed E-state index contributed by atoms with van der Waals surface area (Å²) in [6, 6.07) is 13.4. The van der Waals surface area contributed by atoms with E-state index in [1.54, 1.807) is 36.6 Å². The molecule has 0 aliphatic rings. The van der Waals surface area contributed by atoms with Crippen LogP contribution in [0.1, 0.15) is 24.3 Å². The Hall–Kier alpha value is -2.60. The van der Waals surface area contributed by atoms with Crippen molar-refractivity contribution in [1.82, 2.24) is 4.98 Å². The third kappa shape index (κ3) is 4.48. The van der Waals surface area contributed by atoms with Crippen LogP contribution in [-0.2, 0) is 11.2 Å². The average molecular weight is 355 g/mol. The molecule has 5 nitrogen and oxygen atoms in total. The number of nitrogen functional groups attached to an aromatic ring is 1. The molecule has 0 radical (unpaired) electrons. The number of carbonyl (C=O) groups is 1. The number of fused-ring (bicyclic) bond motifs is 1. The lowest BCUT2D eigenvalue weighted by Gasteiger charge is -2.09. The fourth-order valence-electron chi connectivity index (χ4n) is 2.57. The highest BCUT2D eigenvalue weighted by Gasteiger charge is 2.08. The van der Waals surface area contributed by atoms with Gasteiger partial charge < -0.3 is 15.8 Å². The number of ether oxygens (including phenoxy) is 1. The van der Waals surface area contributed by atoms with Crippen LogP contribution in [0.2, 0.25) is 0 Å². The van der Waals surface area contributed by atoms with Gasteiger partial charge in [-0.2, -0.15) is 0 Å². The van der Waals surface area contributed by atoms with E-state index in [1.165, 1.54) is 4.70 Å². The number of rotatable bonds is 7. The molecule has 0 aliphatic carbocycles. The molecule has 3 rings (SSSR count). The Labute approximate surface area is 150 Å². The topological polar surface area (TPSA) is 77.2 Å². The number of carbonyl (C=O) groups excluding carboxylic acids is 1. The molecule has 0 saturated carbocycles. The van der Waals surface area contributed by atoms with Crippen molar-refractivity contribution in [3.63, 3.8) is 0 Å². The summed E-state index contributed by atoms with van der Waals surface area (Å²) in [5, 5.41) is 3.97. The van der Waals surface area contributed by atoms with Gasteiger partial charge in [-0.3, -0.25) is 4.79 Å². The van der Waals surface area contributed by atoms with Gasteiger partial charge in [0, 0.05) is 12.5 Å². The van der Waals surface area contributed by atoms with E-state index in [1.807, 2.05) is 18.2 Å². The summed E-state index contributed by atoms with van der Waals surface area (Å²) in [6.07, 6.45) is 3.10. The maximum atomic E-state index is 12.1. The zero-order valence-electron chi connectivity index (χ0n) is 14.1. The molecule has 0 atom stereocenters. The minimum absolute atomic E-state index is 0.0377. The Morgan fingerprint density at radius 2 is 2.08 bits per heavy atom. The highest BCUT2D eigenvalue weighted by atomic mass is 32.1. The maximum Gasteiger partial charge on any atom is 0.224 e. The van der Waals surface area contributed by atoms with Crippen molar-refractivity contribution in [2.45, 2.75) is 25.7 Å². The first-order valence-corrected chi connectivity index (χ1v) is 9.05. The molecule has 0 unspecified atom stereocenters. The zero-order valence-corrected chi connectivity index (χ0v) is 14.9. The number of amides is 1. The van der Waals surface area contributed by atoms with E-state index in [2.05, 4.69) is 16.4 Å². The van der Waals surface area contributed by atoms with Crippen LogP contribution in [0.25, 0.3) is 10.2 Å². The first kappa shape index (κ1) is 17.2. The van der Waals surface area contributed by atoms with Crippen molar-refractivity contribution in [3.05, 3.63) is 47.5 Å². The summed E-state index contributed by atoms with van der Waals surface area (Å²) in [6.45, 7) is 0. The van der Waals surface area contributed by atoms with Gasteiger partial charge in [0.2, 0.25) is 5.91 Å². The summed E-state index contributed by atoms with van der Waals surface area (Å²) in [7, 11) is 1.58. The molecule has 1 amide bonds. The summed E-state index contributed by atoms with van der Waals surface area (Å²) >= 11 is 1.72. The normalized spacial score (nSPS) is 10.8. The third-order valence-electron chi connectivity index (χ3n) is 3.92. The fraction of sp³-hybridized carbons (Fsp3) is 0.263. The summed E-state index contributed by atoms with van der Waals surface area (Å²) in [4.78, 5) is 16.7. The second-order valence-corrected chi connectivity index (χ2v) is 6.90. The first-order chi connectivity index (χ1) is 12.2. The lowest BCUT2D eigenvalue weighted by atomic mass is 10.2. The van der Waals surface area contributed by atoms with Gasteiger partial charge in [0.1, 0.15) is 5.75 Å². The Bertz CT molecular complexity index is 843. The number of nitrogens with zero attached hydrogens (tertiary/aromatic N) is 1. The van der Waals surface area contributed by atoms with Crippen LogP contribution in [0, 0.1) is 0 Å². The standard InChI is InChI=1S/C19H21N3O2S/c1-24-13-10-11-14(20)16(12-13)21-18(23)8-4-5-9-19-22-15-6-2-3-7-17(15)25-19/h2-3,6-7,10-12H,4-5,8-9,20H2,1H3,(H,21,23). The minimum atomic E-state index is -0.0377. The number of aryl methyl sites for hydroxylation is 1. The van der Waals surface area contributed by atoms with Crippen LogP contribution in [0.15, 0.2) is 42.5 Å². The molecule has 3 N–H and O–H groups in total. The monoisotopic (exact) mass is 355 g/mol. The predicted molar refractivity (Wildman–Crippen MR) is 103 cm³/mol. The number of para-hydroxylation sites is 1. The number of nitrogens with one attached hydrogen (secondary N) is 1. The number of aromatic nitrogens is 1. The van der Waals surface area contributed by atoms with E-state index < -0.39 is 0 Å². The number of hydrogen-bond acceptors (Lipinski definition) is 5. The van der Waals surface area contributed by atoms with Crippen molar-refractivity contribution in [1.29, 1.82) is 0 Å². The van der Waals surface area contributed by atoms with Crippen LogP contribution in [0.3, 0.4) is 0 Å². The van der Waals surface area contributed by atoms with Crippen LogP contribution in [0.4, 0.5) is 11.4 Å². The molecule has 25 heavy (non-hydrogen) atoms. The highest BCUT2D eigenvalue weighted by molar-refractivity contribution is 7.18. The van der Waals surface area contributed by atoms with Crippen molar-refractivity contribution in [3.8, 4) is 5.75 Å². The second kappa shape index (κ2) is 7.98. The lowest BCUT2D eigenvalue weighted by molar-refractivity contribution is -0.116. The Balaban J connectivity index is 1.46. The largest absolute Gasteiger partial charge is 0.497 e. The molecule has 1 heterocycles. The van der Waals surface area contributed by atoms with Crippen LogP contribution in [-0.4, -0.2) is 18.0 Å². The van der Waals surface area contributed by atoms with Gasteiger partial charge in [-0.15, -0.1) is 11.3 Å². The van der Waals surface area contributed by atoms with Crippen molar-refractivity contribution < 1.29 is 9.53 Å². The van der Waals surface area contributed by atoms with Crippen LogP contribution < -0.4 is 15.8 Å². The molecule has 6 heteroatoms. The van der Waals surface area contributed by atoms with Gasteiger partial charge in [-0.05, 0) is 43.5 Å². The summed E-state index contributed by atoms with van der Waals surface area (Å²) in [5.74, 6) is 0.629. The van der Waals surface area contributed by atoms with Gasteiger partial charge >= 0.3 is 0 Å². The molecular formula is C19H21N3O2S. The van der Waals surface area contributed by atoms with Crippen molar-refractivity contribution in [2.24, 2.45) is 0 Å². The maximum absolute atomic E-state index is 12.1. The Morgan fingerprint density at radius 1 is 1.24 bits per heavy atom. The quantitative estimate of drug-likeness (QED) is 0.491. The van der Waals surface area contributed by atoms with Gasteiger partial charge in [0.05, 0.1) is 33.7 Å². The van der Waals surface area contributed by atoms with E-state index in [-0.39, 0.29) is 5.91 Å². The molecule has 1 aromatic heterocycles. The second-order valence-electron chi connectivity index (χ2n) is 5.78. The van der Waals surface area contributed by atoms with Crippen LogP contribution >= 0.6 is 11.3 Å². The zero-order chi connectivity index (χ0) is 17.6. The molecule has 0 aliphatic heterocycles. The van der Waals surface area contributed by atoms with Gasteiger partial charge in [0.25, 0.3) is 0 Å². The molecule has 0 spiro atoms. The first-order valence-electron chi connectivity index (χ1n) is 8.23. The number of nitrogens with two attached hydrogens (primary N) is 1. The van der Waals surface area contributed by atoms with Crippen molar-refractivity contribution >= 4 is 38.8 Å². The number of unbranched alkanes of at least 4 members (excludes halogenated alkanes) is 1. The lowest BCUT2D eigenvalue weighted by Crippen LogP contribution is -2.12. The van der Waals surface area contributed by atoms with Crippen molar-refractivity contribution in [2.75, 3.05) is 18.2 Å². The minimum Gasteiger partial charge on any atom is -0.497 e. The number of hydrogen-bond donors (Lipinski definition) is 2. The molecule has 0 fully saturated rings. The van der Waals surface area contributed by atoms with Gasteiger partial charge in [0.15, 0.2) is 0 Å². The number of anilines is 2. The third-order valence-corrected chi connectivity index (χ3v) is 5.01. The smallest absolute Gasteiger partial charge is 0.224 e. The van der Waals surface area contributed by atoms with E-state index in [0.717, 1.165) is 29.8 Å². The summed E-state index contributed by atoms with van der Waals surface area (Å²) in [5.41, 5.74) is 8.06. The number of thiazole rings is 1. The van der Waals surface area contributed by atoms with Crippen LogP contribution in [0.5, 0.6) is 5.75 Å². The Morgan fingerprint density at radius 3 is 2.88 bits per heavy atom. The number of benzene rings is 2. The predicted octanol–water partition coefficient (Wildman–Crippen LogP) is 4.24. The molecular weight excluding hydrogens is 334 g/mol. The van der Waals surface area contributed by atoms with Gasteiger partial charge in [-0.1, -0.05) is 12.1 Å². The van der Waals surface area contributed by atoms with E-state index in [0.29, 0.717) is 23.5 Å². The average Bonchev–Trinajstić information content (AvgIpc) is 3.03. The number of methoxy groups -OCH3 is 1. The molecule has 2 aromatic carbocycles. The van der Waals surface area contributed by atoms with Gasteiger partial charge in [-0.25, -0.2) is 4.98 Å². The molecule has 0 saturated heterocycles. The van der Waals surface area contributed by atoms with E-state index >= 15 is 0 Å². The van der Waals surface area contributed by atoms with E-state index in [9.17, 15) is 4.79 Å². The molecule has 130 valence electrons. The molecule has 3 aromatic rings. The molecule has 0 bridgehead atoms. The highest BCUT2D eigenvalue weighted by Crippen LogP contribution is 2.25. The summed E-state index contributed by atoms with van der Waals surface area (Å²) < 4.78 is 6.36. The SMILES string of the molecule is COc1ccc(N)c(NC(=O)CCCCc2nc3ccccc3s2)c1. The Kier molecular flexibility index (Phi) is 5.50. The fourth-order valence-corrected chi connectivity index (χ4v) is 3.58. The van der Waals surface area contributed by atoms with E-state index in [4.69, 9.17) is 10.5 Å².